The molecule has 0 fully saturated rings. The quantitative estimate of drug-likeness (QED) is 0.486. The number of ether oxygens (including phenoxy) is 2. The Morgan fingerprint density at radius 1 is 1.18 bits per heavy atom. The van der Waals surface area contributed by atoms with Crippen LogP contribution in [-0.2, 0) is 0 Å². The molecule has 6 heteroatoms. The van der Waals surface area contributed by atoms with Crippen molar-refractivity contribution in [1.82, 2.24) is 0 Å². The van der Waals surface area contributed by atoms with Crippen molar-refractivity contribution in [1.29, 1.82) is 0 Å². The highest BCUT2D eigenvalue weighted by Gasteiger charge is 2.17. The Morgan fingerprint density at radius 2 is 1.82 bits per heavy atom. The van der Waals surface area contributed by atoms with Crippen LogP contribution in [0, 0.1) is 6.92 Å². The maximum atomic E-state index is 12.4. The van der Waals surface area contributed by atoms with Crippen molar-refractivity contribution in [3.8, 4) is 11.5 Å². The van der Waals surface area contributed by atoms with E-state index in [0.29, 0.717) is 28.0 Å². The zero-order valence-corrected chi connectivity index (χ0v) is 15.1. The molecule has 0 bridgehead atoms. The van der Waals surface area contributed by atoms with Crippen LogP contribution in [-0.4, -0.2) is 12.6 Å². The number of hydrogen-bond donors (Lipinski definition) is 0. The first-order valence-electron chi connectivity index (χ1n) is 6.52. The van der Waals surface area contributed by atoms with Gasteiger partial charge in [-0.15, -0.1) is 0 Å². The van der Waals surface area contributed by atoms with E-state index >= 15 is 0 Å². The van der Waals surface area contributed by atoms with Gasteiger partial charge in [0.1, 0.15) is 17.1 Å². The molecule has 0 aliphatic heterocycles. The molecule has 0 spiro atoms. The van der Waals surface area contributed by atoms with Gasteiger partial charge in [-0.25, -0.2) is 4.79 Å². The molecule has 0 N–H and O–H groups in total. The Hall–Kier alpha value is -1.23. The predicted molar refractivity (Wildman–Crippen MR) is 91.5 cm³/mol. The molecule has 2 rings (SSSR count). The summed E-state index contributed by atoms with van der Waals surface area (Å²) in [5.74, 6) is 0.203. The first-order chi connectivity index (χ1) is 10.4. The van der Waals surface area contributed by atoms with Crippen LogP contribution in [0.2, 0.25) is 10.0 Å². The highest BCUT2D eigenvalue weighted by molar-refractivity contribution is 9.10. The molecule has 2 aromatic rings. The fourth-order valence-electron chi connectivity index (χ4n) is 1.79. The zero-order chi connectivity index (χ0) is 16.3. The van der Waals surface area contributed by atoms with Crippen molar-refractivity contribution in [2.24, 2.45) is 0 Å². The van der Waals surface area contributed by atoms with E-state index in [2.05, 4.69) is 15.9 Å². The van der Waals surface area contributed by atoms with Gasteiger partial charge < -0.3 is 9.47 Å². The normalized spacial score (nSPS) is 10.4. The zero-order valence-electron chi connectivity index (χ0n) is 12.0. The maximum Gasteiger partial charge on any atom is 0.347 e. The molecule has 0 saturated heterocycles. The van der Waals surface area contributed by atoms with E-state index < -0.39 is 5.97 Å². The van der Waals surface area contributed by atoms with E-state index in [4.69, 9.17) is 32.7 Å². The van der Waals surface area contributed by atoms with Gasteiger partial charge in [0.25, 0.3) is 0 Å². The molecule has 2 aromatic carbocycles. The first-order valence-corrected chi connectivity index (χ1v) is 8.07. The molecule has 0 aliphatic carbocycles. The van der Waals surface area contributed by atoms with Crippen LogP contribution in [0.25, 0.3) is 0 Å². The summed E-state index contributed by atoms with van der Waals surface area (Å²) in [4.78, 5) is 12.4. The summed E-state index contributed by atoms with van der Waals surface area (Å²) in [6.45, 7) is 4.08. The molecule has 116 valence electrons. The maximum absolute atomic E-state index is 12.4. The summed E-state index contributed by atoms with van der Waals surface area (Å²) in [6.07, 6.45) is 0. The molecular weight excluding hydrogens is 391 g/mol. The molecule has 22 heavy (non-hydrogen) atoms. The average Bonchev–Trinajstić information content (AvgIpc) is 2.46. The van der Waals surface area contributed by atoms with Gasteiger partial charge in [0.2, 0.25) is 0 Å². The lowest BCUT2D eigenvalue weighted by atomic mass is 10.2. The minimum absolute atomic E-state index is 0.285. The van der Waals surface area contributed by atoms with Gasteiger partial charge in [0.05, 0.1) is 6.61 Å². The number of benzene rings is 2. The van der Waals surface area contributed by atoms with Crippen molar-refractivity contribution in [2.75, 3.05) is 6.61 Å². The summed E-state index contributed by atoms with van der Waals surface area (Å²) in [5, 5.41) is 0.879. The molecule has 0 aliphatic rings. The molecule has 0 atom stereocenters. The monoisotopic (exact) mass is 402 g/mol. The summed E-state index contributed by atoms with van der Waals surface area (Å²) < 4.78 is 11.5. The van der Waals surface area contributed by atoms with Crippen LogP contribution in [0.5, 0.6) is 11.5 Å². The number of esters is 1. The Balaban J connectivity index is 2.31. The van der Waals surface area contributed by atoms with E-state index in [9.17, 15) is 4.79 Å². The molecule has 0 unspecified atom stereocenters. The second-order valence-corrected chi connectivity index (χ2v) is 6.21. The van der Waals surface area contributed by atoms with Gasteiger partial charge in [-0.3, -0.25) is 0 Å². The van der Waals surface area contributed by atoms with E-state index in [1.807, 2.05) is 6.92 Å². The highest BCUT2D eigenvalue weighted by atomic mass is 79.9. The van der Waals surface area contributed by atoms with E-state index in [0.717, 1.165) is 10.0 Å². The lowest BCUT2D eigenvalue weighted by molar-refractivity contribution is 0.0730. The Bertz CT molecular complexity index is 694. The number of rotatable bonds is 4. The lowest BCUT2D eigenvalue weighted by Gasteiger charge is -2.11. The molecule has 3 nitrogen and oxygen atoms in total. The first kappa shape index (κ1) is 17.1. The van der Waals surface area contributed by atoms with Crippen molar-refractivity contribution in [3.05, 3.63) is 56.0 Å². The lowest BCUT2D eigenvalue weighted by Crippen LogP contribution is -2.11. The second-order valence-electron chi connectivity index (χ2n) is 4.47. The number of carbonyl (C=O) groups excluding carboxylic acids is 1. The van der Waals surface area contributed by atoms with Crippen LogP contribution in [0.15, 0.2) is 34.8 Å². The number of carbonyl (C=O) groups is 1. The van der Waals surface area contributed by atoms with Gasteiger partial charge in [-0.1, -0.05) is 39.1 Å². The van der Waals surface area contributed by atoms with E-state index in [1.54, 1.807) is 37.3 Å². The predicted octanol–water partition coefficient (Wildman–Crippen LogP) is 5.68. The molecule has 0 saturated carbocycles. The summed E-state index contributed by atoms with van der Waals surface area (Å²) in [6, 6.07) is 8.25. The van der Waals surface area contributed by atoms with Crippen LogP contribution >= 0.6 is 39.1 Å². The molecule has 0 amide bonds. The van der Waals surface area contributed by atoms with Crippen LogP contribution in [0.4, 0.5) is 0 Å². The smallest absolute Gasteiger partial charge is 0.347 e. The van der Waals surface area contributed by atoms with Gasteiger partial charge >= 0.3 is 5.97 Å². The largest absolute Gasteiger partial charge is 0.493 e. The van der Waals surface area contributed by atoms with E-state index in [-0.39, 0.29) is 5.75 Å². The molecule has 0 heterocycles. The van der Waals surface area contributed by atoms with Gasteiger partial charge in [-0.05, 0) is 49.7 Å². The van der Waals surface area contributed by atoms with Crippen LogP contribution < -0.4 is 9.47 Å². The van der Waals surface area contributed by atoms with E-state index in [1.165, 1.54) is 0 Å². The highest BCUT2D eigenvalue weighted by Crippen LogP contribution is 2.31. The van der Waals surface area contributed by atoms with Crippen molar-refractivity contribution >= 4 is 45.1 Å². The summed E-state index contributed by atoms with van der Waals surface area (Å²) in [5.41, 5.74) is 1.06. The minimum Gasteiger partial charge on any atom is -0.493 e. The van der Waals surface area contributed by atoms with Crippen molar-refractivity contribution in [3.63, 3.8) is 0 Å². The molecule has 0 aromatic heterocycles. The molecule has 0 radical (unpaired) electrons. The third-order valence-electron chi connectivity index (χ3n) is 2.93. The second kappa shape index (κ2) is 7.36. The van der Waals surface area contributed by atoms with Gasteiger partial charge in [0.15, 0.2) is 0 Å². The SMILES string of the molecule is CCOc1ccc(Br)cc1C(=O)Oc1cc(Cl)c(C)c(Cl)c1. The fraction of sp³-hybridized carbons (Fsp3) is 0.188. The van der Waals surface area contributed by atoms with Crippen LogP contribution in [0.3, 0.4) is 0 Å². The van der Waals surface area contributed by atoms with Gasteiger partial charge in [-0.2, -0.15) is 0 Å². The number of halogens is 3. The van der Waals surface area contributed by atoms with Crippen molar-refractivity contribution in [2.45, 2.75) is 13.8 Å². The molecular formula is C16H13BrCl2O3. The third-order valence-corrected chi connectivity index (χ3v) is 4.20. The Labute approximate surface area is 147 Å². The number of hydrogen-bond acceptors (Lipinski definition) is 3. The van der Waals surface area contributed by atoms with Gasteiger partial charge in [0, 0.05) is 14.5 Å². The minimum atomic E-state index is -0.541. The third kappa shape index (κ3) is 3.94. The average molecular weight is 404 g/mol. The Morgan fingerprint density at radius 3 is 2.41 bits per heavy atom. The van der Waals surface area contributed by atoms with Crippen LogP contribution in [0.1, 0.15) is 22.8 Å². The fourth-order valence-corrected chi connectivity index (χ4v) is 2.61. The standard InChI is InChI=1S/C16H13BrCl2O3/c1-3-21-15-5-4-10(17)6-12(15)16(20)22-11-7-13(18)9(2)14(19)8-11/h4-8H,3H2,1-2H3. The summed E-state index contributed by atoms with van der Waals surface area (Å²) >= 11 is 15.4. The van der Waals surface area contributed by atoms with Crippen molar-refractivity contribution < 1.29 is 14.3 Å². The summed E-state index contributed by atoms with van der Waals surface area (Å²) in [7, 11) is 0. The topological polar surface area (TPSA) is 35.5 Å². The Kier molecular flexibility index (Phi) is 5.73.